The van der Waals surface area contributed by atoms with Gasteiger partial charge in [-0.2, -0.15) is 0 Å². The average Bonchev–Trinajstić information content (AvgIpc) is 2.46. The molecular formula is C14H30IN3O3. The maximum absolute atomic E-state index is 5.69. The van der Waals surface area contributed by atoms with E-state index in [-0.39, 0.29) is 35.6 Å². The highest BCUT2D eigenvalue weighted by Crippen LogP contribution is 2.24. The molecule has 1 saturated heterocycles. The molecular weight excluding hydrogens is 385 g/mol. The molecule has 0 radical (unpaired) electrons. The fourth-order valence-electron chi connectivity index (χ4n) is 2.24. The molecule has 1 unspecified atom stereocenters. The minimum atomic E-state index is -0.189. The largest absolute Gasteiger partial charge is 0.383 e. The van der Waals surface area contributed by atoms with Gasteiger partial charge in [0.05, 0.1) is 18.8 Å². The Hall–Kier alpha value is -0.120. The first-order valence-corrected chi connectivity index (χ1v) is 7.32. The Kier molecular flexibility index (Phi) is 11.4. The van der Waals surface area contributed by atoms with Crippen LogP contribution in [0.25, 0.3) is 0 Å². The summed E-state index contributed by atoms with van der Waals surface area (Å²) in [6.45, 7) is 7.72. The minimum Gasteiger partial charge on any atom is -0.383 e. The molecule has 6 nitrogen and oxygen atoms in total. The van der Waals surface area contributed by atoms with Crippen LogP contribution in [0.5, 0.6) is 0 Å². The third kappa shape index (κ3) is 7.62. The van der Waals surface area contributed by atoms with Crippen LogP contribution >= 0.6 is 24.0 Å². The molecule has 1 heterocycles. The zero-order valence-electron chi connectivity index (χ0n) is 13.6. The predicted molar refractivity (Wildman–Crippen MR) is 95.7 cm³/mol. The fraction of sp³-hybridized carbons (Fsp3) is 0.929. The molecule has 0 bridgehead atoms. The molecule has 21 heavy (non-hydrogen) atoms. The van der Waals surface area contributed by atoms with Gasteiger partial charge in [0.25, 0.3) is 0 Å². The minimum absolute atomic E-state index is 0. The smallest absolute Gasteiger partial charge is 0.191 e. The summed E-state index contributed by atoms with van der Waals surface area (Å²) in [6, 6.07) is 0.214. The van der Waals surface area contributed by atoms with E-state index in [0.717, 1.165) is 38.6 Å². The Labute approximate surface area is 145 Å². The fourth-order valence-corrected chi connectivity index (χ4v) is 2.24. The number of halogens is 1. The number of nitrogens with one attached hydrogen (secondary N) is 2. The van der Waals surface area contributed by atoms with Gasteiger partial charge < -0.3 is 24.8 Å². The van der Waals surface area contributed by atoms with Crippen molar-refractivity contribution in [2.45, 2.75) is 38.3 Å². The highest BCUT2D eigenvalue weighted by Gasteiger charge is 2.32. The van der Waals surface area contributed by atoms with Gasteiger partial charge in [0, 0.05) is 52.9 Å². The van der Waals surface area contributed by atoms with Crippen LogP contribution < -0.4 is 10.6 Å². The summed E-state index contributed by atoms with van der Waals surface area (Å²) in [5.74, 6) is 0.806. The van der Waals surface area contributed by atoms with Crippen LogP contribution in [0, 0.1) is 0 Å². The Morgan fingerprint density at radius 3 is 2.52 bits per heavy atom. The summed E-state index contributed by atoms with van der Waals surface area (Å²) in [7, 11) is 3.46. The molecule has 0 saturated carbocycles. The molecule has 1 atom stereocenters. The van der Waals surface area contributed by atoms with Gasteiger partial charge in [0.15, 0.2) is 5.96 Å². The molecule has 1 fully saturated rings. The van der Waals surface area contributed by atoms with Gasteiger partial charge in [-0.15, -0.1) is 24.0 Å². The van der Waals surface area contributed by atoms with Gasteiger partial charge in [0.1, 0.15) is 0 Å². The maximum atomic E-state index is 5.69. The molecule has 0 amide bonds. The molecule has 126 valence electrons. The molecule has 0 aliphatic carbocycles. The van der Waals surface area contributed by atoms with E-state index < -0.39 is 0 Å². The van der Waals surface area contributed by atoms with Crippen LogP contribution in [0.2, 0.25) is 0 Å². The second-order valence-corrected chi connectivity index (χ2v) is 5.20. The summed E-state index contributed by atoms with van der Waals surface area (Å²) in [4.78, 5) is 4.66. The lowest BCUT2D eigenvalue weighted by Crippen LogP contribution is -2.46. The monoisotopic (exact) mass is 415 g/mol. The molecule has 0 aromatic rings. The molecule has 1 rings (SSSR count). The van der Waals surface area contributed by atoms with Gasteiger partial charge in [-0.3, -0.25) is 4.99 Å². The van der Waals surface area contributed by atoms with E-state index >= 15 is 0 Å². The number of nitrogens with zero attached hydrogens (tertiary/aromatic N) is 1. The van der Waals surface area contributed by atoms with E-state index in [1.165, 1.54) is 0 Å². The zero-order chi connectivity index (χ0) is 14.8. The third-order valence-corrected chi connectivity index (χ3v) is 3.51. The van der Waals surface area contributed by atoms with Crippen molar-refractivity contribution < 1.29 is 14.2 Å². The van der Waals surface area contributed by atoms with Gasteiger partial charge in [-0.1, -0.05) is 0 Å². The van der Waals surface area contributed by atoms with Gasteiger partial charge in [0.2, 0.25) is 0 Å². The summed E-state index contributed by atoms with van der Waals surface area (Å²) in [5, 5.41) is 6.58. The van der Waals surface area contributed by atoms with Crippen LogP contribution in [-0.2, 0) is 14.2 Å². The first kappa shape index (κ1) is 20.9. The van der Waals surface area contributed by atoms with Gasteiger partial charge in [-0.25, -0.2) is 0 Å². The summed E-state index contributed by atoms with van der Waals surface area (Å²) in [6.07, 6.45) is 1.78. The molecule has 1 aliphatic heterocycles. The number of ether oxygens (including phenoxy) is 3. The van der Waals surface area contributed by atoms with Crippen molar-refractivity contribution in [2.75, 3.05) is 47.1 Å². The molecule has 2 N–H and O–H groups in total. The standard InChI is InChI=1S/C14H29N3O3.HI/c1-5-15-13(17-12(2)10-18-3)16-11-14(19-4)6-8-20-9-7-14;/h12H,5-11H2,1-4H3,(H2,15,16,17);1H. The number of hydrogen-bond donors (Lipinski definition) is 2. The van der Waals surface area contributed by atoms with Crippen molar-refractivity contribution in [3.05, 3.63) is 0 Å². The van der Waals surface area contributed by atoms with Crippen molar-refractivity contribution in [1.82, 2.24) is 10.6 Å². The first-order chi connectivity index (χ1) is 9.65. The van der Waals surface area contributed by atoms with Crippen LogP contribution in [0.3, 0.4) is 0 Å². The second kappa shape index (κ2) is 11.4. The summed E-state index contributed by atoms with van der Waals surface area (Å²) in [5.41, 5.74) is -0.189. The van der Waals surface area contributed by atoms with Gasteiger partial charge in [-0.05, 0) is 13.8 Å². The molecule has 0 aromatic carbocycles. The quantitative estimate of drug-likeness (QED) is 0.374. The SMILES string of the molecule is CCNC(=NCC1(OC)CCOCC1)NC(C)COC.I. The van der Waals surface area contributed by atoms with E-state index in [0.29, 0.717) is 13.2 Å². The van der Waals surface area contributed by atoms with E-state index in [1.807, 2.05) is 0 Å². The first-order valence-electron chi connectivity index (χ1n) is 7.32. The lowest BCUT2D eigenvalue weighted by molar-refractivity contribution is -0.0828. The number of aliphatic imine (C=N–C) groups is 1. The molecule has 0 spiro atoms. The molecule has 1 aliphatic rings. The maximum Gasteiger partial charge on any atom is 0.191 e. The van der Waals surface area contributed by atoms with Crippen molar-refractivity contribution in [3.63, 3.8) is 0 Å². The van der Waals surface area contributed by atoms with E-state index in [1.54, 1.807) is 14.2 Å². The van der Waals surface area contributed by atoms with Crippen molar-refractivity contribution in [1.29, 1.82) is 0 Å². The van der Waals surface area contributed by atoms with E-state index in [4.69, 9.17) is 14.2 Å². The highest BCUT2D eigenvalue weighted by molar-refractivity contribution is 14.0. The third-order valence-electron chi connectivity index (χ3n) is 3.51. The molecule has 0 aromatic heterocycles. The second-order valence-electron chi connectivity index (χ2n) is 5.20. The van der Waals surface area contributed by atoms with Gasteiger partial charge >= 0.3 is 0 Å². The average molecular weight is 415 g/mol. The Morgan fingerprint density at radius 1 is 1.33 bits per heavy atom. The number of rotatable bonds is 7. The van der Waals surface area contributed by atoms with Crippen molar-refractivity contribution in [2.24, 2.45) is 4.99 Å². The molecule has 7 heteroatoms. The van der Waals surface area contributed by atoms with E-state index in [2.05, 4.69) is 29.5 Å². The normalized spacial score (nSPS) is 19.5. The lowest BCUT2D eigenvalue weighted by Gasteiger charge is -2.34. The van der Waals surface area contributed by atoms with Crippen molar-refractivity contribution in [3.8, 4) is 0 Å². The predicted octanol–water partition coefficient (Wildman–Crippen LogP) is 1.39. The van der Waals surface area contributed by atoms with Crippen LogP contribution in [-0.4, -0.2) is 64.7 Å². The van der Waals surface area contributed by atoms with Crippen LogP contribution in [0.1, 0.15) is 26.7 Å². The summed E-state index contributed by atoms with van der Waals surface area (Å²) >= 11 is 0. The summed E-state index contributed by atoms with van der Waals surface area (Å²) < 4.78 is 16.2. The Balaban J connectivity index is 0.00000400. The van der Waals surface area contributed by atoms with Crippen molar-refractivity contribution >= 4 is 29.9 Å². The van der Waals surface area contributed by atoms with Crippen LogP contribution in [0.4, 0.5) is 0 Å². The van der Waals surface area contributed by atoms with Crippen LogP contribution in [0.15, 0.2) is 4.99 Å². The number of guanidine groups is 1. The topological polar surface area (TPSA) is 64.1 Å². The zero-order valence-corrected chi connectivity index (χ0v) is 15.9. The highest BCUT2D eigenvalue weighted by atomic mass is 127. The number of hydrogen-bond acceptors (Lipinski definition) is 4. The Morgan fingerprint density at radius 2 is 2.00 bits per heavy atom. The Bertz CT molecular complexity index is 297. The van der Waals surface area contributed by atoms with E-state index in [9.17, 15) is 0 Å². The lowest BCUT2D eigenvalue weighted by atomic mass is 9.94. The number of methoxy groups -OCH3 is 2.